The van der Waals surface area contributed by atoms with Crippen molar-refractivity contribution < 1.29 is 18.9 Å². The number of aromatic nitrogens is 1. The molecule has 0 N–H and O–H groups in total. The van der Waals surface area contributed by atoms with Gasteiger partial charge in [-0.2, -0.15) is 0 Å². The summed E-state index contributed by atoms with van der Waals surface area (Å²) in [6.07, 6.45) is 2.43. The van der Waals surface area contributed by atoms with Crippen LogP contribution in [0.2, 0.25) is 0 Å². The van der Waals surface area contributed by atoms with Crippen molar-refractivity contribution in [3.63, 3.8) is 0 Å². The SMILES string of the molecule is COc1cccc(N=C2Sc3nc4cc5c(cc4cc3CN2CC2CCCO2)OCO5)c1. The zero-order valence-corrected chi connectivity index (χ0v) is 18.6. The first kappa shape index (κ1) is 19.7. The molecule has 3 aliphatic heterocycles. The molecule has 0 saturated carbocycles. The zero-order valence-electron chi connectivity index (χ0n) is 17.7. The summed E-state index contributed by atoms with van der Waals surface area (Å²) >= 11 is 1.60. The zero-order chi connectivity index (χ0) is 21.5. The van der Waals surface area contributed by atoms with Crippen LogP contribution in [0.25, 0.3) is 10.9 Å². The van der Waals surface area contributed by atoms with Gasteiger partial charge in [0.15, 0.2) is 16.7 Å². The molecule has 7 nitrogen and oxygen atoms in total. The molecule has 0 aliphatic carbocycles. The molecule has 0 radical (unpaired) electrons. The minimum absolute atomic E-state index is 0.231. The van der Waals surface area contributed by atoms with Crippen molar-refractivity contribution in [2.75, 3.05) is 27.1 Å². The third-order valence-electron chi connectivity index (χ3n) is 5.89. The summed E-state index contributed by atoms with van der Waals surface area (Å²) in [5.74, 6) is 2.31. The monoisotopic (exact) mass is 449 g/mol. The van der Waals surface area contributed by atoms with Gasteiger partial charge < -0.3 is 23.8 Å². The summed E-state index contributed by atoms with van der Waals surface area (Å²) in [7, 11) is 1.67. The van der Waals surface area contributed by atoms with Gasteiger partial charge in [-0.1, -0.05) is 6.07 Å². The van der Waals surface area contributed by atoms with E-state index in [1.807, 2.05) is 36.4 Å². The lowest BCUT2D eigenvalue weighted by molar-refractivity contribution is 0.0903. The van der Waals surface area contributed by atoms with Crippen LogP contribution in [0.15, 0.2) is 52.5 Å². The second-order valence-corrected chi connectivity index (χ2v) is 9.02. The third-order valence-corrected chi connectivity index (χ3v) is 6.97. The van der Waals surface area contributed by atoms with Crippen molar-refractivity contribution in [2.24, 2.45) is 4.99 Å². The second-order valence-electron chi connectivity index (χ2n) is 8.06. The van der Waals surface area contributed by atoms with Gasteiger partial charge in [-0.3, -0.25) is 0 Å². The van der Waals surface area contributed by atoms with E-state index in [2.05, 4.69) is 11.0 Å². The Morgan fingerprint density at radius 1 is 1.19 bits per heavy atom. The molecule has 1 saturated heterocycles. The Hall–Kier alpha value is -2.97. The molecule has 3 aliphatic rings. The van der Waals surface area contributed by atoms with E-state index in [1.165, 1.54) is 5.56 Å². The molecule has 2 aromatic carbocycles. The number of hydrogen-bond donors (Lipinski definition) is 0. The van der Waals surface area contributed by atoms with Gasteiger partial charge in [-0.05, 0) is 48.9 Å². The smallest absolute Gasteiger partial charge is 0.231 e. The Morgan fingerprint density at radius 2 is 2.09 bits per heavy atom. The van der Waals surface area contributed by atoms with Crippen LogP contribution < -0.4 is 14.2 Å². The van der Waals surface area contributed by atoms with Crippen LogP contribution in [0.3, 0.4) is 0 Å². The minimum atomic E-state index is 0.231. The number of rotatable bonds is 4. The predicted octanol–water partition coefficient (Wildman–Crippen LogP) is 4.75. The third kappa shape index (κ3) is 3.73. The van der Waals surface area contributed by atoms with Crippen molar-refractivity contribution in [3.05, 3.63) is 48.0 Å². The highest BCUT2D eigenvalue weighted by Crippen LogP contribution is 2.39. The van der Waals surface area contributed by atoms with Crippen LogP contribution in [0, 0.1) is 0 Å². The van der Waals surface area contributed by atoms with Gasteiger partial charge >= 0.3 is 0 Å². The lowest BCUT2D eigenvalue weighted by Crippen LogP contribution is -2.37. The number of aliphatic imine (C=N–C) groups is 1. The molecule has 6 rings (SSSR count). The van der Waals surface area contributed by atoms with E-state index in [4.69, 9.17) is 28.9 Å². The largest absolute Gasteiger partial charge is 0.497 e. The number of amidine groups is 1. The molecule has 1 aromatic heterocycles. The van der Waals surface area contributed by atoms with Crippen LogP contribution in [0.4, 0.5) is 5.69 Å². The van der Waals surface area contributed by atoms with Crippen LogP contribution in [-0.4, -0.2) is 48.2 Å². The number of benzene rings is 2. The summed E-state index contributed by atoms with van der Waals surface area (Å²) in [4.78, 5) is 12.2. The second kappa shape index (κ2) is 8.18. The van der Waals surface area contributed by atoms with Crippen molar-refractivity contribution in [2.45, 2.75) is 30.5 Å². The van der Waals surface area contributed by atoms with E-state index in [-0.39, 0.29) is 12.9 Å². The van der Waals surface area contributed by atoms with Crippen LogP contribution in [-0.2, 0) is 11.3 Å². The lowest BCUT2D eigenvalue weighted by Gasteiger charge is -2.32. The summed E-state index contributed by atoms with van der Waals surface area (Å²) < 4.78 is 22.4. The maximum absolute atomic E-state index is 5.93. The summed E-state index contributed by atoms with van der Waals surface area (Å²) in [6, 6.07) is 14.0. The van der Waals surface area contributed by atoms with Crippen LogP contribution in [0.5, 0.6) is 17.2 Å². The molecule has 8 heteroatoms. The predicted molar refractivity (Wildman–Crippen MR) is 123 cm³/mol. The Morgan fingerprint density at radius 3 is 2.94 bits per heavy atom. The normalized spacial score (nSPS) is 20.7. The highest BCUT2D eigenvalue weighted by molar-refractivity contribution is 8.13. The highest BCUT2D eigenvalue weighted by Gasteiger charge is 2.28. The number of fused-ring (bicyclic) bond motifs is 3. The molecule has 3 aromatic rings. The molecular formula is C24H23N3O4S. The molecule has 1 unspecified atom stereocenters. The van der Waals surface area contributed by atoms with Crippen molar-refractivity contribution in [3.8, 4) is 17.2 Å². The van der Waals surface area contributed by atoms with Gasteiger partial charge in [0, 0.05) is 42.8 Å². The molecule has 1 fully saturated rings. The maximum Gasteiger partial charge on any atom is 0.231 e. The fraction of sp³-hybridized carbons (Fsp3) is 0.333. The molecular weight excluding hydrogens is 426 g/mol. The number of pyridine rings is 1. The van der Waals surface area contributed by atoms with E-state index in [1.54, 1.807) is 18.9 Å². The van der Waals surface area contributed by atoms with Crippen LogP contribution >= 0.6 is 11.8 Å². The van der Waals surface area contributed by atoms with Gasteiger partial charge in [0.2, 0.25) is 6.79 Å². The Balaban J connectivity index is 1.39. The standard InChI is InChI=1S/C24H23N3O4S/c1-28-18-5-2-4-17(10-18)25-24-27(13-19-6-3-7-29-19)12-16-8-15-9-21-22(31-14-30-21)11-20(15)26-23(16)32-24/h2,4-5,8-11,19H,3,6-7,12-14H2,1H3. The fourth-order valence-electron chi connectivity index (χ4n) is 4.28. The molecule has 0 amide bonds. The number of ether oxygens (including phenoxy) is 4. The van der Waals surface area contributed by atoms with E-state index >= 15 is 0 Å². The summed E-state index contributed by atoms with van der Waals surface area (Å²) in [5, 5.41) is 2.95. The first-order valence-corrected chi connectivity index (χ1v) is 11.6. The molecule has 32 heavy (non-hydrogen) atoms. The topological polar surface area (TPSA) is 65.4 Å². The number of thioether (sulfide) groups is 1. The minimum Gasteiger partial charge on any atom is -0.497 e. The number of hydrogen-bond acceptors (Lipinski definition) is 7. The maximum atomic E-state index is 5.93. The van der Waals surface area contributed by atoms with Crippen molar-refractivity contribution in [1.82, 2.24) is 9.88 Å². The van der Waals surface area contributed by atoms with Crippen molar-refractivity contribution in [1.29, 1.82) is 0 Å². The highest BCUT2D eigenvalue weighted by atomic mass is 32.2. The lowest BCUT2D eigenvalue weighted by atomic mass is 10.1. The summed E-state index contributed by atoms with van der Waals surface area (Å²) in [6.45, 7) is 2.65. The number of methoxy groups -OCH3 is 1. The Labute approximate surface area is 190 Å². The molecule has 0 bridgehead atoms. The van der Waals surface area contributed by atoms with Gasteiger partial charge in [-0.25, -0.2) is 9.98 Å². The molecule has 4 heterocycles. The summed E-state index contributed by atoms with van der Waals surface area (Å²) in [5.41, 5.74) is 2.94. The average molecular weight is 450 g/mol. The van der Waals surface area contributed by atoms with Gasteiger partial charge in [0.1, 0.15) is 10.8 Å². The first-order chi connectivity index (χ1) is 15.7. The molecule has 164 valence electrons. The Bertz CT molecular complexity index is 1210. The quantitative estimate of drug-likeness (QED) is 0.570. The van der Waals surface area contributed by atoms with E-state index in [9.17, 15) is 0 Å². The first-order valence-electron chi connectivity index (χ1n) is 10.8. The fourth-order valence-corrected chi connectivity index (χ4v) is 5.27. The van der Waals surface area contributed by atoms with E-state index < -0.39 is 0 Å². The van der Waals surface area contributed by atoms with E-state index in [0.29, 0.717) is 0 Å². The van der Waals surface area contributed by atoms with Crippen molar-refractivity contribution >= 4 is 33.5 Å². The van der Waals surface area contributed by atoms with Crippen LogP contribution in [0.1, 0.15) is 18.4 Å². The average Bonchev–Trinajstić information content (AvgIpc) is 3.48. The molecule has 0 spiro atoms. The van der Waals surface area contributed by atoms with Gasteiger partial charge in [0.25, 0.3) is 0 Å². The Kier molecular flexibility index (Phi) is 5.04. The number of nitrogens with zero attached hydrogens (tertiary/aromatic N) is 3. The van der Waals surface area contributed by atoms with Gasteiger partial charge in [-0.15, -0.1) is 0 Å². The van der Waals surface area contributed by atoms with Gasteiger partial charge in [0.05, 0.1) is 24.4 Å². The van der Waals surface area contributed by atoms with E-state index in [0.717, 1.165) is 76.6 Å². The molecule has 1 atom stereocenters.